The number of carboxylic acid groups (broad SMARTS) is 1. The maximum Gasteiger partial charge on any atom is 0.335 e. The SMILES string of the molecule is Nc1ccc(-c2ccccc2)cc1NC(=O)c1cn(CCc2ccc(C(=O)O)cc2)nn1. The zero-order valence-electron chi connectivity index (χ0n) is 17.1. The van der Waals surface area contributed by atoms with E-state index < -0.39 is 11.9 Å². The van der Waals surface area contributed by atoms with Crippen molar-refractivity contribution in [1.29, 1.82) is 0 Å². The number of aryl methyl sites for hydroxylation is 2. The summed E-state index contributed by atoms with van der Waals surface area (Å²) in [5.74, 6) is -1.36. The number of nitrogens with zero attached hydrogens (tertiary/aromatic N) is 3. The van der Waals surface area contributed by atoms with Crippen LogP contribution in [-0.4, -0.2) is 32.0 Å². The lowest BCUT2D eigenvalue weighted by Crippen LogP contribution is -2.14. The number of nitrogen functional groups attached to an aromatic ring is 1. The van der Waals surface area contributed by atoms with Gasteiger partial charge in [-0.05, 0) is 47.4 Å². The van der Waals surface area contributed by atoms with Crippen molar-refractivity contribution >= 4 is 23.3 Å². The van der Waals surface area contributed by atoms with E-state index in [2.05, 4.69) is 15.6 Å². The van der Waals surface area contributed by atoms with Gasteiger partial charge in [0.25, 0.3) is 5.91 Å². The molecule has 0 saturated carbocycles. The average molecular weight is 427 g/mol. The molecule has 3 aromatic carbocycles. The first kappa shape index (κ1) is 20.8. The fourth-order valence-corrected chi connectivity index (χ4v) is 3.23. The topological polar surface area (TPSA) is 123 Å². The van der Waals surface area contributed by atoms with Crippen molar-refractivity contribution in [3.05, 3.63) is 95.8 Å². The van der Waals surface area contributed by atoms with Crippen LogP contribution in [-0.2, 0) is 13.0 Å². The highest BCUT2D eigenvalue weighted by molar-refractivity contribution is 6.04. The molecule has 1 aromatic heterocycles. The summed E-state index contributed by atoms with van der Waals surface area (Å²) in [5.41, 5.74) is 10.3. The zero-order valence-corrected chi connectivity index (χ0v) is 17.1. The van der Waals surface area contributed by atoms with Gasteiger partial charge in [0, 0.05) is 6.54 Å². The van der Waals surface area contributed by atoms with Gasteiger partial charge in [0.05, 0.1) is 23.1 Å². The van der Waals surface area contributed by atoms with Crippen LogP contribution in [0.1, 0.15) is 26.4 Å². The average Bonchev–Trinajstić information content (AvgIpc) is 3.29. The molecule has 0 atom stereocenters. The largest absolute Gasteiger partial charge is 0.478 e. The Hall–Kier alpha value is -4.46. The van der Waals surface area contributed by atoms with E-state index in [0.717, 1.165) is 16.7 Å². The Morgan fingerprint density at radius 3 is 2.44 bits per heavy atom. The predicted octanol–water partition coefficient (Wildman–Crippen LogP) is 3.72. The molecule has 0 radical (unpaired) electrons. The van der Waals surface area contributed by atoms with Crippen molar-refractivity contribution in [1.82, 2.24) is 15.0 Å². The van der Waals surface area contributed by atoms with Gasteiger partial charge in [0.15, 0.2) is 5.69 Å². The van der Waals surface area contributed by atoms with Crippen LogP contribution in [0.5, 0.6) is 0 Å². The van der Waals surface area contributed by atoms with Crippen LogP contribution in [0.25, 0.3) is 11.1 Å². The Morgan fingerprint density at radius 1 is 0.969 bits per heavy atom. The fraction of sp³-hybridized carbons (Fsp3) is 0.0833. The smallest absolute Gasteiger partial charge is 0.335 e. The van der Waals surface area contributed by atoms with Crippen molar-refractivity contribution in [3.63, 3.8) is 0 Å². The summed E-state index contributed by atoms with van der Waals surface area (Å²) in [6.45, 7) is 0.498. The Morgan fingerprint density at radius 2 is 1.72 bits per heavy atom. The van der Waals surface area contributed by atoms with E-state index in [1.807, 2.05) is 42.5 Å². The molecule has 0 aliphatic heterocycles. The third kappa shape index (κ3) is 4.81. The molecule has 0 spiro atoms. The highest BCUT2D eigenvalue weighted by atomic mass is 16.4. The van der Waals surface area contributed by atoms with Crippen LogP contribution in [0.3, 0.4) is 0 Å². The van der Waals surface area contributed by atoms with Gasteiger partial charge >= 0.3 is 5.97 Å². The number of aromatic carboxylic acids is 1. The number of aromatic nitrogens is 3. The molecule has 4 aromatic rings. The van der Waals surface area contributed by atoms with E-state index in [4.69, 9.17) is 10.8 Å². The second kappa shape index (κ2) is 9.13. The van der Waals surface area contributed by atoms with Gasteiger partial charge < -0.3 is 16.2 Å². The van der Waals surface area contributed by atoms with E-state index in [1.54, 1.807) is 41.2 Å². The third-order valence-electron chi connectivity index (χ3n) is 5.01. The number of carbonyl (C=O) groups excluding carboxylic acids is 1. The molecule has 0 aliphatic rings. The minimum absolute atomic E-state index is 0.177. The molecule has 160 valence electrons. The van der Waals surface area contributed by atoms with Gasteiger partial charge in [-0.25, -0.2) is 4.79 Å². The minimum atomic E-state index is -0.960. The number of hydrogen-bond acceptors (Lipinski definition) is 5. The zero-order chi connectivity index (χ0) is 22.5. The summed E-state index contributed by atoms with van der Waals surface area (Å²) < 4.78 is 1.57. The van der Waals surface area contributed by atoms with E-state index >= 15 is 0 Å². The van der Waals surface area contributed by atoms with E-state index in [0.29, 0.717) is 24.3 Å². The summed E-state index contributed by atoms with van der Waals surface area (Å²) in [6, 6.07) is 21.9. The minimum Gasteiger partial charge on any atom is -0.478 e. The number of hydrogen-bond donors (Lipinski definition) is 3. The third-order valence-corrected chi connectivity index (χ3v) is 5.01. The standard InChI is InChI=1S/C24H21N5O3/c25-20-11-10-19(17-4-2-1-3-5-17)14-21(20)26-23(30)22-15-29(28-27-22)13-12-16-6-8-18(9-7-16)24(31)32/h1-11,14-15H,12-13,25H2,(H,26,30)(H,31,32). The van der Waals surface area contributed by atoms with Gasteiger partial charge in [-0.1, -0.05) is 53.7 Å². The van der Waals surface area contributed by atoms with Gasteiger partial charge in [0.1, 0.15) is 0 Å². The van der Waals surface area contributed by atoms with Gasteiger partial charge in [-0.3, -0.25) is 9.48 Å². The molecular weight excluding hydrogens is 406 g/mol. The van der Waals surface area contributed by atoms with Crippen molar-refractivity contribution in [2.24, 2.45) is 0 Å². The van der Waals surface area contributed by atoms with Crippen LogP contribution in [0.4, 0.5) is 11.4 Å². The molecule has 1 amide bonds. The molecule has 0 bridgehead atoms. The molecule has 0 saturated heterocycles. The molecule has 4 rings (SSSR count). The first-order valence-electron chi connectivity index (χ1n) is 9.98. The Kier molecular flexibility index (Phi) is 5.94. The van der Waals surface area contributed by atoms with Crippen molar-refractivity contribution in [2.45, 2.75) is 13.0 Å². The first-order chi connectivity index (χ1) is 15.5. The molecule has 0 aliphatic carbocycles. The summed E-state index contributed by atoms with van der Waals surface area (Å²) in [5, 5.41) is 19.7. The number of benzene rings is 3. The summed E-state index contributed by atoms with van der Waals surface area (Å²) in [4.78, 5) is 23.6. The summed E-state index contributed by atoms with van der Waals surface area (Å²) >= 11 is 0. The number of rotatable bonds is 7. The number of anilines is 2. The lowest BCUT2D eigenvalue weighted by atomic mass is 10.0. The van der Waals surface area contributed by atoms with Gasteiger partial charge in [0.2, 0.25) is 0 Å². The fourth-order valence-electron chi connectivity index (χ4n) is 3.23. The molecule has 1 heterocycles. The van der Waals surface area contributed by atoms with Gasteiger partial charge in [-0.2, -0.15) is 0 Å². The maximum atomic E-state index is 12.7. The molecule has 4 N–H and O–H groups in total. The number of carboxylic acids is 1. The number of nitrogens with two attached hydrogens (primary N) is 1. The first-order valence-corrected chi connectivity index (χ1v) is 9.98. The summed E-state index contributed by atoms with van der Waals surface area (Å²) in [6.07, 6.45) is 2.19. The maximum absolute atomic E-state index is 12.7. The molecule has 0 unspecified atom stereocenters. The monoisotopic (exact) mass is 427 g/mol. The highest BCUT2D eigenvalue weighted by Crippen LogP contribution is 2.27. The van der Waals surface area contributed by atoms with Crippen molar-refractivity contribution in [2.75, 3.05) is 11.1 Å². The second-order valence-electron chi connectivity index (χ2n) is 7.24. The van der Waals surface area contributed by atoms with E-state index in [1.165, 1.54) is 0 Å². The normalized spacial score (nSPS) is 10.6. The highest BCUT2D eigenvalue weighted by Gasteiger charge is 2.13. The van der Waals surface area contributed by atoms with Crippen LogP contribution in [0, 0.1) is 0 Å². The summed E-state index contributed by atoms with van der Waals surface area (Å²) in [7, 11) is 0. The van der Waals surface area contributed by atoms with Crippen LogP contribution >= 0.6 is 0 Å². The van der Waals surface area contributed by atoms with Crippen molar-refractivity contribution in [3.8, 4) is 11.1 Å². The van der Waals surface area contributed by atoms with Crippen molar-refractivity contribution < 1.29 is 14.7 Å². The lowest BCUT2D eigenvalue weighted by Gasteiger charge is -2.09. The lowest BCUT2D eigenvalue weighted by molar-refractivity contribution is 0.0696. The van der Waals surface area contributed by atoms with Gasteiger partial charge in [-0.15, -0.1) is 5.10 Å². The quantitative estimate of drug-likeness (QED) is 0.386. The second-order valence-corrected chi connectivity index (χ2v) is 7.24. The molecular formula is C24H21N5O3. The molecule has 32 heavy (non-hydrogen) atoms. The Bertz CT molecular complexity index is 1250. The number of nitrogens with one attached hydrogen (secondary N) is 1. The molecule has 0 fully saturated rings. The van der Waals surface area contributed by atoms with E-state index in [9.17, 15) is 9.59 Å². The Balaban J connectivity index is 1.41. The van der Waals surface area contributed by atoms with Crippen LogP contribution < -0.4 is 11.1 Å². The van der Waals surface area contributed by atoms with Crippen LogP contribution in [0.2, 0.25) is 0 Å². The predicted molar refractivity (Wildman–Crippen MR) is 121 cm³/mol. The Labute approximate surface area is 184 Å². The van der Waals surface area contributed by atoms with Crippen LogP contribution in [0.15, 0.2) is 79.0 Å². The molecule has 8 nitrogen and oxygen atoms in total. The number of amides is 1. The van der Waals surface area contributed by atoms with E-state index in [-0.39, 0.29) is 11.3 Å². The number of carbonyl (C=O) groups is 2. The molecule has 8 heteroatoms.